The maximum Gasteiger partial charge on any atom is 0.0442 e. The van der Waals surface area contributed by atoms with Gasteiger partial charge in [-0.25, -0.2) is 0 Å². The van der Waals surface area contributed by atoms with Gasteiger partial charge in [-0.05, 0) is 65.1 Å². The van der Waals surface area contributed by atoms with Gasteiger partial charge in [-0.1, -0.05) is 11.6 Å². The number of halogens is 2. The summed E-state index contributed by atoms with van der Waals surface area (Å²) in [6, 6.07) is 4.21. The van der Waals surface area contributed by atoms with Crippen LogP contribution >= 0.6 is 34.2 Å². The van der Waals surface area contributed by atoms with Gasteiger partial charge in [0.1, 0.15) is 0 Å². The van der Waals surface area contributed by atoms with Gasteiger partial charge in [-0.2, -0.15) is 0 Å². The fourth-order valence-electron chi connectivity index (χ4n) is 1.91. The zero-order chi connectivity index (χ0) is 9.42. The van der Waals surface area contributed by atoms with Crippen LogP contribution in [0.5, 0.6) is 0 Å². The Balaban J connectivity index is 2.60. The van der Waals surface area contributed by atoms with E-state index < -0.39 is 0 Å². The van der Waals surface area contributed by atoms with Gasteiger partial charge in [-0.3, -0.25) is 0 Å². The molecule has 1 aromatic rings. The molecule has 2 N–H and O–H groups in total. The predicted octanol–water partition coefficient (Wildman–Crippen LogP) is 3.28. The molecular weight excluding hydrogens is 296 g/mol. The van der Waals surface area contributed by atoms with E-state index in [0.717, 1.165) is 24.3 Å². The van der Waals surface area contributed by atoms with Crippen LogP contribution in [0.1, 0.15) is 30.0 Å². The Morgan fingerprint density at radius 1 is 1.46 bits per heavy atom. The summed E-state index contributed by atoms with van der Waals surface area (Å²) >= 11 is 8.46. The summed E-state index contributed by atoms with van der Waals surface area (Å²) in [5.41, 5.74) is 8.60. The number of benzene rings is 1. The maximum atomic E-state index is 6.12. The first-order valence-electron chi connectivity index (χ1n) is 4.42. The van der Waals surface area contributed by atoms with Gasteiger partial charge in [0, 0.05) is 14.6 Å². The number of rotatable bonds is 0. The van der Waals surface area contributed by atoms with Crippen LogP contribution in [0, 0.1) is 3.57 Å². The summed E-state index contributed by atoms with van der Waals surface area (Å²) in [6.45, 7) is 0. The summed E-state index contributed by atoms with van der Waals surface area (Å²) in [5.74, 6) is 0. The summed E-state index contributed by atoms with van der Waals surface area (Å²) in [7, 11) is 0. The van der Waals surface area contributed by atoms with Crippen molar-refractivity contribution in [3.63, 3.8) is 0 Å². The zero-order valence-electron chi connectivity index (χ0n) is 7.19. The lowest BCUT2D eigenvalue weighted by molar-refractivity contribution is 0.568. The van der Waals surface area contributed by atoms with Crippen molar-refractivity contribution < 1.29 is 0 Å². The van der Waals surface area contributed by atoms with Crippen molar-refractivity contribution in [2.75, 3.05) is 0 Å². The van der Waals surface area contributed by atoms with Gasteiger partial charge in [0.25, 0.3) is 0 Å². The topological polar surface area (TPSA) is 26.0 Å². The molecule has 1 nitrogen and oxygen atoms in total. The molecule has 3 heteroatoms. The molecule has 1 atom stereocenters. The van der Waals surface area contributed by atoms with Crippen LogP contribution in [0.2, 0.25) is 5.02 Å². The van der Waals surface area contributed by atoms with E-state index in [2.05, 4.69) is 22.6 Å². The van der Waals surface area contributed by atoms with E-state index in [1.54, 1.807) is 0 Å². The minimum absolute atomic E-state index is 0.189. The minimum Gasteiger partial charge on any atom is -0.324 e. The molecule has 0 saturated carbocycles. The van der Waals surface area contributed by atoms with E-state index in [1.807, 2.05) is 12.1 Å². The second kappa shape index (κ2) is 3.75. The molecule has 0 aromatic heterocycles. The molecule has 0 fully saturated rings. The Kier molecular flexibility index (Phi) is 2.81. The van der Waals surface area contributed by atoms with E-state index in [-0.39, 0.29) is 6.04 Å². The van der Waals surface area contributed by atoms with Crippen molar-refractivity contribution in [1.82, 2.24) is 0 Å². The number of nitrogens with two attached hydrogens (primary N) is 1. The zero-order valence-corrected chi connectivity index (χ0v) is 10.1. The minimum atomic E-state index is 0.189. The van der Waals surface area contributed by atoms with Crippen molar-refractivity contribution in [3.05, 3.63) is 31.9 Å². The Morgan fingerprint density at radius 3 is 2.92 bits per heavy atom. The van der Waals surface area contributed by atoms with Crippen molar-refractivity contribution in [3.8, 4) is 0 Å². The first-order chi connectivity index (χ1) is 6.20. The number of fused-ring (bicyclic) bond motifs is 1. The van der Waals surface area contributed by atoms with Crippen molar-refractivity contribution in [2.45, 2.75) is 25.3 Å². The smallest absolute Gasteiger partial charge is 0.0442 e. The second-order valence-corrected chi connectivity index (χ2v) is 4.99. The van der Waals surface area contributed by atoms with Crippen LogP contribution in [0.25, 0.3) is 0 Å². The fraction of sp³-hybridized carbons (Fsp3) is 0.400. The van der Waals surface area contributed by atoms with Crippen molar-refractivity contribution >= 4 is 34.2 Å². The number of hydrogen-bond acceptors (Lipinski definition) is 1. The van der Waals surface area contributed by atoms with Crippen LogP contribution in [0.15, 0.2) is 12.1 Å². The molecule has 2 rings (SSSR count). The molecule has 0 heterocycles. The molecule has 1 aliphatic carbocycles. The van der Waals surface area contributed by atoms with Gasteiger partial charge in [-0.15, -0.1) is 0 Å². The Bertz CT molecular complexity index is 338. The molecule has 70 valence electrons. The lowest BCUT2D eigenvalue weighted by Gasteiger charge is -2.24. The molecule has 0 radical (unpaired) electrons. The average Bonchev–Trinajstić information content (AvgIpc) is 2.12. The highest BCUT2D eigenvalue weighted by atomic mass is 127. The van der Waals surface area contributed by atoms with Gasteiger partial charge in [0.05, 0.1) is 0 Å². The molecule has 1 aliphatic rings. The quantitative estimate of drug-likeness (QED) is 0.731. The van der Waals surface area contributed by atoms with E-state index in [1.165, 1.54) is 14.7 Å². The highest BCUT2D eigenvalue weighted by Gasteiger charge is 2.21. The molecule has 0 saturated heterocycles. The monoisotopic (exact) mass is 307 g/mol. The van der Waals surface area contributed by atoms with Gasteiger partial charge in [0.15, 0.2) is 0 Å². The van der Waals surface area contributed by atoms with E-state index in [9.17, 15) is 0 Å². The lowest BCUT2D eigenvalue weighted by atomic mass is 9.88. The van der Waals surface area contributed by atoms with Gasteiger partial charge < -0.3 is 5.73 Å². The second-order valence-electron chi connectivity index (χ2n) is 3.42. The fourth-order valence-corrected chi connectivity index (χ4v) is 3.07. The normalized spacial score (nSPS) is 21.3. The summed E-state index contributed by atoms with van der Waals surface area (Å²) in [6.07, 6.45) is 3.33. The molecule has 13 heavy (non-hydrogen) atoms. The number of hydrogen-bond donors (Lipinski definition) is 1. The summed E-state index contributed by atoms with van der Waals surface area (Å²) in [5, 5.41) is 0.880. The largest absolute Gasteiger partial charge is 0.324 e. The third-order valence-electron chi connectivity index (χ3n) is 2.56. The molecule has 1 unspecified atom stereocenters. The molecule has 0 aliphatic heterocycles. The van der Waals surface area contributed by atoms with E-state index in [0.29, 0.717) is 0 Å². The lowest BCUT2D eigenvalue weighted by Crippen LogP contribution is -2.19. The third kappa shape index (κ3) is 1.72. The molecule has 0 spiro atoms. The first kappa shape index (κ1) is 9.74. The van der Waals surface area contributed by atoms with Crippen molar-refractivity contribution in [2.24, 2.45) is 5.73 Å². The van der Waals surface area contributed by atoms with Gasteiger partial charge >= 0.3 is 0 Å². The van der Waals surface area contributed by atoms with Crippen LogP contribution in [0.4, 0.5) is 0 Å². The Hall–Kier alpha value is 0.200. The highest BCUT2D eigenvalue weighted by Crippen LogP contribution is 2.35. The average molecular weight is 308 g/mol. The van der Waals surface area contributed by atoms with Crippen LogP contribution < -0.4 is 5.73 Å². The first-order valence-corrected chi connectivity index (χ1v) is 5.88. The van der Waals surface area contributed by atoms with Crippen LogP contribution in [0.3, 0.4) is 0 Å². The van der Waals surface area contributed by atoms with Gasteiger partial charge in [0.2, 0.25) is 0 Å². The summed E-state index contributed by atoms with van der Waals surface area (Å²) in [4.78, 5) is 0. The highest BCUT2D eigenvalue weighted by molar-refractivity contribution is 14.1. The summed E-state index contributed by atoms with van der Waals surface area (Å²) < 4.78 is 1.25. The molecule has 0 bridgehead atoms. The molecule has 1 aromatic carbocycles. The van der Waals surface area contributed by atoms with Crippen molar-refractivity contribution in [1.29, 1.82) is 0 Å². The van der Waals surface area contributed by atoms with E-state index in [4.69, 9.17) is 17.3 Å². The molecular formula is C10H11ClIN. The van der Waals surface area contributed by atoms with Crippen LogP contribution in [-0.2, 0) is 6.42 Å². The SMILES string of the molecule is NC1CCCc2c(Cl)ccc(I)c21. The predicted molar refractivity (Wildman–Crippen MR) is 64.0 cm³/mol. The maximum absolute atomic E-state index is 6.12. The van der Waals surface area contributed by atoms with Crippen LogP contribution in [-0.4, -0.2) is 0 Å². The third-order valence-corrected chi connectivity index (χ3v) is 3.85. The standard InChI is InChI=1S/C10H11ClIN/c11-7-4-5-8(12)10-6(7)2-1-3-9(10)13/h4-5,9H,1-3,13H2. The molecule has 0 amide bonds. The Morgan fingerprint density at radius 2 is 2.23 bits per heavy atom. The van der Waals surface area contributed by atoms with E-state index >= 15 is 0 Å². The Labute approximate surface area is 96.8 Å².